The first kappa shape index (κ1) is 21.9. The van der Waals surface area contributed by atoms with Crippen molar-refractivity contribution in [2.24, 2.45) is 0 Å². The molecule has 0 unspecified atom stereocenters. The zero-order chi connectivity index (χ0) is 22.5. The van der Waals surface area contributed by atoms with Crippen LogP contribution in [0.4, 0.5) is 5.69 Å². The van der Waals surface area contributed by atoms with Crippen molar-refractivity contribution in [2.45, 2.75) is 17.3 Å². The number of carbonyl (C=O) groups excluding carboxylic acids is 1. The van der Waals surface area contributed by atoms with Crippen LogP contribution in [-0.4, -0.2) is 40.1 Å². The number of aromatic nitrogens is 3. The van der Waals surface area contributed by atoms with E-state index in [2.05, 4.69) is 15.5 Å². The number of benzene rings is 2. The van der Waals surface area contributed by atoms with Crippen LogP contribution in [0.15, 0.2) is 71.2 Å². The SMILES string of the molecule is COc1ccc(OC)c(NC(=O)[C@H](C)Sc2nnc(-c3cccs3)n2-c2ccccc2)c1. The quantitative estimate of drug-likeness (QED) is 0.363. The van der Waals surface area contributed by atoms with E-state index in [0.29, 0.717) is 22.3 Å². The van der Waals surface area contributed by atoms with E-state index in [4.69, 9.17) is 9.47 Å². The molecule has 0 saturated heterocycles. The van der Waals surface area contributed by atoms with E-state index in [1.165, 1.54) is 11.8 Å². The third kappa shape index (κ3) is 4.63. The van der Waals surface area contributed by atoms with Gasteiger partial charge in [-0.3, -0.25) is 9.36 Å². The summed E-state index contributed by atoms with van der Waals surface area (Å²) in [5, 5.41) is 13.9. The van der Waals surface area contributed by atoms with E-state index in [9.17, 15) is 4.79 Å². The Bertz CT molecular complexity index is 1190. The van der Waals surface area contributed by atoms with Crippen molar-refractivity contribution < 1.29 is 14.3 Å². The van der Waals surface area contributed by atoms with Gasteiger partial charge in [0, 0.05) is 11.8 Å². The van der Waals surface area contributed by atoms with E-state index >= 15 is 0 Å². The highest BCUT2D eigenvalue weighted by atomic mass is 32.2. The number of nitrogens with one attached hydrogen (secondary N) is 1. The molecule has 0 spiro atoms. The minimum atomic E-state index is -0.436. The number of hydrogen-bond donors (Lipinski definition) is 1. The van der Waals surface area contributed by atoms with Crippen molar-refractivity contribution in [3.63, 3.8) is 0 Å². The maximum Gasteiger partial charge on any atom is 0.237 e. The second kappa shape index (κ2) is 9.88. The Kier molecular flexibility index (Phi) is 6.77. The molecule has 0 aliphatic rings. The van der Waals surface area contributed by atoms with E-state index in [1.54, 1.807) is 43.8 Å². The largest absolute Gasteiger partial charge is 0.497 e. The molecule has 164 valence electrons. The smallest absolute Gasteiger partial charge is 0.237 e. The van der Waals surface area contributed by atoms with Gasteiger partial charge in [-0.05, 0) is 42.6 Å². The maximum absolute atomic E-state index is 13.0. The zero-order valence-corrected chi connectivity index (χ0v) is 19.4. The predicted octanol–water partition coefficient (Wildman–Crippen LogP) is 5.13. The molecule has 0 aliphatic heterocycles. The Morgan fingerprint density at radius 1 is 1.06 bits per heavy atom. The molecule has 32 heavy (non-hydrogen) atoms. The summed E-state index contributed by atoms with van der Waals surface area (Å²) in [6, 6.07) is 19.1. The minimum Gasteiger partial charge on any atom is -0.497 e. The van der Waals surface area contributed by atoms with Crippen LogP contribution in [0, 0.1) is 0 Å². The number of para-hydroxylation sites is 1. The van der Waals surface area contributed by atoms with Crippen LogP contribution in [0.3, 0.4) is 0 Å². The van der Waals surface area contributed by atoms with Crippen LogP contribution >= 0.6 is 23.1 Å². The van der Waals surface area contributed by atoms with Crippen molar-refractivity contribution in [1.29, 1.82) is 0 Å². The second-order valence-corrected chi connectivity index (χ2v) is 9.03. The van der Waals surface area contributed by atoms with Crippen LogP contribution in [0.5, 0.6) is 11.5 Å². The van der Waals surface area contributed by atoms with Gasteiger partial charge in [-0.2, -0.15) is 0 Å². The molecule has 4 aromatic rings. The highest BCUT2D eigenvalue weighted by molar-refractivity contribution is 8.00. The molecular weight excluding hydrogens is 444 g/mol. The topological polar surface area (TPSA) is 78.3 Å². The fourth-order valence-corrected chi connectivity index (χ4v) is 4.65. The Labute approximate surface area is 194 Å². The molecule has 0 bridgehead atoms. The number of thioether (sulfide) groups is 1. The molecule has 1 N–H and O–H groups in total. The molecule has 0 radical (unpaired) electrons. The molecule has 0 fully saturated rings. The third-order valence-electron chi connectivity index (χ3n) is 4.71. The average Bonchev–Trinajstić information content (AvgIpc) is 3.49. The van der Waals surface area contributed by atoms with Crippen molar-refractivity contribution in [2.75, 3.05) is 19.5 Å². The van der Waals surface area contributed by atoms with Gasteiger partial charge in [0.15, 0.2) is 11.0 Å². The fraction of sp³-hybridized carbons (Fsp3) is 0.174. The van der Waals surface area contributed by atoms with Crippen LogP contribution in [0.25, 0.3) is 16.4 Å². The lowest BCUT2D eigenvalue weighted by atomic mass is 10.2. The summed E-state index contributed by atoms with van der Waals surface area (Å²) in [7, 11) is 3.14. The number of hydrogen-bond acceptors (Lipinski definition) is 7. The normalized spacial score (nSPS) is 11.7. The molecule has 1 atom stereocenters. The van der Waals surface area contributed by atoms with Gasteiger partial charge in [-0.15, -0.1) is 21.5 Å². The lowest BCUT2D eigenvalue weighted by molar-refractivity contribution is -0.115. The Morgan fingerprint density at radius 2 is 1.88 bits per heavy atom. The molecule has 2 aromatic heterocycles. The Morgan fingerprint density at radius 3 is 2.56 bits per heavy atom. The standard InChI is InChI=1S/C23H22N4O3S2/c1-15(22(28)24-18-14-17(29-2)11-12-19(18)30-3)32-23-26-25-21(20-10-7-13-31-20)27(23)16-8-5-4-6-9-16/h4-15H,1-3H3,(H,24,28)/t15-/m0/s1. The van der Waals surface area contributed by atoms with E-state index in [0.717, 1.165) is 16.4 Å². The molecule has 2 heterocycles. The van der Waals surface area contributed by atoms with Crippen LogP contribution in [0.1, 0.15) is 6.92 Å². The van der Waals surface area contributed by atoms with Crippen molar-refractivity contribution in [3.05, 3.63) is 66.0 Å². The lowest BCUT2D eigenvalue weighted by Crippen LogP contribution is -2.23. The van der Waals surface area contributed by atoms with E-state index < -0.39 is 5.25 Å². The summed E-state index contributed by atoms with van der Waals surface area (Å²) in [6.45, 7) is 1.83. The van der Waals surface area contributed by atoms with E-state index in [1.807, 2.05) is 59.3 Å². The molecular formula is C23H22N4O3S2. The predicted molar refractivity (Wildman–Crippen MR) is 128 cm³/mol. The van der Waals surface area contributed by atoms with E-state index in [-0.39, 0.29) is 5.91 Å². The molecule has 1 amide bonds. The van der Waals surface area contributed by atoms with Gasteiger partial charge in [0.05, 0.1) is 30.0 Å². The minimum absolute atomic E-state index is 0.179. The molecule has 4 rings (SSSR count). The number of nitrogens with zero attached hydrogens (tertiary/aromatic N) is 3. The van der Waals surface area contributed by atoms with Gasteiger partial charge in [0.2, 0.25) is 5.91 Å². The first-order valence-electron chi connectivity index (χ1n) is 9.85. The van der Waals surface area contributed by atoms with Crippen molar-refractivity contribution in [3.8, 4) is 27.9 Å². The number of anilines is 1. The van der Waals surface area contributed by atoms with Gasteiger partial charge in [-0.25, -0.2) is 0 Å². The number of ether oxygens (including phenoxy) is 2. The summed E-state index contributed by atoms with van der Waals surface area (Å²) in [5.74, 6) is 1.76. The number of methoxy groups -OCH3 is 2. The van der Waals surface area contributed by atoms with Gasteiger partial charge >= 0.3 is 0 Å². The van der Waals surface area contributed by atoms with Gasteiger partial charge in [0.25, 0.3) is 0 Å². The summed E-state index contributed by atoms with van der Waals surface area (Å²) >= 11 is 2.94. The average molecular weight is 467 g/mol. The maximum atomic E-state index is 13.0. The Hall–Kier alpha value is -3.30. The molecule has 0 aliphatic carbocycles. The summed E-state index contributed by atoms with van der Waals surface area (Å²) in [6.07, 6.45) is 0. The van der Waals surface area contributed by atoms with Crippen LogP contribution in [-0.2, 0) is 4.79 Å². The summed E-state index contributed by atoms with van der Waals surface area (Å²) in [4.78, 5) is 14.0. The fourth-order valence-electron chi connectivity index (χ4n) is 3.08. The monoisotopic (exact) mass is 466 g/mol. The molecule has 0 saturated carbocycles. The van der Waals surface area contributed by atoms with Gasteiger partial charge < -0.3 is 14.8 Å². The highest BCUT2D eigenvalue weighted by Gasteiger charge is 2.23. The summed E-state index contributed by atoms with van der Waals surface area (Å²) in [5.41, 5.74) is 1.48. The van der Waals surface area contributed by atoms with Crippen molar-refractivity contribution >= 4 is 34.7 Å². The lowest BCUT2D eigenvalue weighted by Gasteiger charge is -2.15. The molecule has 9 heteroatoms. The first-order chi connectivity index (χ1) is 15.6. The van der Waals surface area contributed by atoms with Crippen LogP contribution in [0.2, 0.25) is 0 Å². The molecule has 2 aromatic carbocycles. The first-order valence-corrected chi connectivity index (χ1v) is 11.6. The second-order valence-electron chi connectivity index (χ2n) is 6.77. The summed E-state index contributed by atoms with van der Waals surface area (Å²) < 4.78 is 12.6. The number of amides is 1. The Balaban J connectivity index is 1.60. The van der Waals surface area contributed by atoms with Gasteiger partial charge in [-0.1, -0.05) is 36.0 Å². The number of thiophene rings is 1. The highest BCUT2D eigenvalue weighted by Crippen LogP contribution is 2.33. The number of rotatable bonds is 8. The zero-order valence-electron chi connectivity index (χ0n) is 17.8. The number of carbonyl (C=O) groups is 1. The van der Waals surface area contributed by atoms with Gasteiger partial charge in [0.1, 0.15) is 11.5 Å². The third-order valence-corrected chi connectivity index (χ3v) is 6.61. The molecule has 7 nitrogen and oxygen atoms in total. The van der Waals surface area contributed by atoms with Crippen LogP contribution < -0.4 is 14.8 Å². The van der Waals surface area contributed by atoms with Crippen molar-refractivity contribution in [1.82, 2.24) is 14.8 Å².